The van der Waals surface area contributed by atoms with E-state index in [4.69, 9.17) is 0 Å². The van der Waals surface area contributed by atoms with Crippen molar-refractivity contribution in [1.29, 1.82) is 0 Å². The van der Waals surface area contributed by atoms with Crippen LogP contribution in [0.2, 0.25) is 0 Å². The third kappa shape index (κ3) is 3.45. The first-order chi connectivity index (χ1) is 11.3. The first-order valence-corrected chi connectivity index (χ1v) is 7.78. The quantitative estimate of drug-likeness (QED) is 0.660. The Bertz CT molecular complexity index is 738. The topological polar surface area (TPSA) is 79.0 Å². The fourth-order valence-corrected chi connectivity index (χ4v) is 2.67. The molecule has 0 radical (unpaired) electrons. The van der Waals surface area contributed by atoms with E-state index >= 15 is 0 Å². The Hall–Kier alpha value is -2.54. The summed E-state index contributed by atoms with van der Waals surface area (Å²) in [5.74, 6) is 1.33. The van der Waals surface area contributed by atoms with Gasteiger partial charge in [-0.25, -0.2) is 14.5 Å². The molecule has 0 aliphatic carbocycles. The average Bonchev–Trinajstić information content (AvgIpc) is 3.03. The zero-order valence-corrected chi connectivity index (χ0v) is 13.2. The van der Waals surface area contributed by atoms with Crippen molar-refractivity contribution >= 4 is 18.1 Å². The lowest BCUT2D eigenvalue weighted by atomic mass is 10.1. The molecule has 1 atom stereocenters. The van der Waals surface area contributed by atoms with Crippen molar-refractivity contribution in [2.24, 2.45) is 9.98 Å². The van der Waals surface area contributed by atoms with Gasteiger partial charge in [0.05, 0.1) is 23.5 Å². The van der Waals surface area contributed by atoms with Gasteiger partial charge < -0.3 is 10.6 Å². The molecule has 0 saturated carbocycles. The SMILES string of the molecule is C=NC(=N/C(=C\C)N[C@@H]1CCCNC1)c1cnn2ccncc12. The smallest absolute Gasteiger partial charge is 0.164 e. The Labute approximate surface area is 135 Å². The van der Waals surface area contributed by atoms with E-state index in [9.17, 15) is 0 Å². The van der Waals surface area contributed by atoms with Crippen LogP contribution in [0.5, 0.6) is 0 Å². The molecule has 1 aliphatic heterocycles. The summed E-state index contributed by atoms with van der Waals surface area (Å²) in [6.07, 6.45) is 11.2. The number of rotatable bonds is 4. The van der Waals surface area contributed by atoms with Crippen molar-refractivity contribution in [3.8, 4) is 0 Å². The number of nitrogens with zero attached hydrogens (tertiary/aromatic N) is 5. The van der Waals surface area contributed by atoms with Crippen molar-refractivity contribution in [3.05, 3.63) is 42.2 Å². The molecule has 1 aliphatic rings. The van der Waals surface area contributed by atoms with E-state index in [-0.39, 0.29) is 0 Å². The molecule has 23 heavy (non-hydrogen) atoms. The summed E-state index contributed by atoms with van der Waals surface area (Å²) in [7, 11) is 0. The Kier molecular flexibility index (Phi) is 4.77. The molecular weight excluding hydrogens is 290 g/mol. The number of aliphatic imine (C=N–C) groups is 2. The van der Waals surface area contributed by atoms with Crippen molar-refractivity contribution in [2.75, 3.05) is 13.1 Å². The van der Waals surface area contributed by atoms with Crippen LogP contribution in [0.1, 0.15) is 25.3 Å². The molecule has 2 N–H and O–H groups in total. The first-order valence-electron chi connectivity index (χ1n) is 7.78. The normalized spacial score (nSPS) is 19.8. The van der Waals surface area contributed by atoms with Crippen LogP contribution in [0, 0.1) is 0 Å². The van der Waals surface area contributed by atoms with Crippen LogP contribution in [0.3, 0.4) is 0 Å². The summed E-state index contributed by atoms with van der Waals surface area (Å²) < 4.78 is 1.75. The van der Waals surface area contributed by atoms with Gasteiger partial charge in [-0.2, -0.15) is 5.10 Å². The maximum atomic E-state index is 4.63. The second kappa shape index (κ2) is 7.15. The second-order valence-electron chi connectivity index (χ2n) is 5.42. The second-order valence-corrected chi connectivity index (χ2v) is 5.42. The van der Waals surface area contributed by atoms with Crippen LogP contribution >= 0.6 is 0 Å². The summed E-state index contributed by atoms with van der Waals surface area (Å²) in [4.78, 5) is 12.9. The highest BCUT2D eigenvalue weighted by Crippen LogP contribution is 2.13. The maximum Gasteiger partial charge on any atom is 0.164 e. The molecule has 3 rings (SSSR count). The summed E-state index contributed by atoms with van der Waals surface area (Å²) in [5, 5.41) is 11.1. The van der Waals surface area contributed by atoms with Gasteiger partial charge in [-0.1, -0.05) is 0 Å². The van der Waals surface area contributed by atoms with Crippen LogP contribution < -0.4 is 10.6 Å². The molecule has 120 valence electrons. The number of hydrogen-bond acceptors (Lipinski definition) is 5. The van der Waals surface area contributed by atoms with Crippen LogP contribution in [-0.4, -0.2) is 46.3 Å². The lowest BCUT2D eigenvalue weighted by molar-refractivity contribution is 0.413. The fourth-order valence-electron chi connectivity index (χ4n) is 2.67. The van der Waals surface area contributed by atoms with Gasteiger partial charge in [-0.3, -0.25) is 4.98 Å². The largest absolute Gasteiger partial charge is 0.366 e. The molecule has 7 heteroatoms. The van der Waals surface area contributed by atoms with E-state index in [1.807, 2.05) is 13.0 Å². The monoisotopic (exact) mass is 311 g/mol. The van der Waals surface area contributed by atoms with Gasteiger partial charge in [0.2, 0.25) is 0 Å². The van der Waals surface area contributed by atoms with Gasteiger partial charge in [0.15, 0.2) is 5.84 Å². The van der Waals surface area contributed by atoms with E-state index in [1.165, 1.54) is 6.42 Å². The molecule has 2 aromatic heterocycles. The van der Waals surface area contributed by atoms with Gasteiger partial charge in [-0.15, -0.1) is 0 Å². The number of fused-ring (bicyclic) bond motifs is 1. The van der Waals surface area contributed by atoms with Gasteiger partial charge in [0.25, 0.3) is 0 Å². The van der Waals surface area contributed by atoms with Gasteiger partial charge in [-0.05, 0) is 39.1 Å². The summed E-state index contributed by atoms with van der Waals surface area (Å²) >= 11 is 0. The average molecular weight is 311 g/mol. The van der Waals surface area contributed by atoms with E-state index in [1.54, 1.807) is 29.3 Å². The van der Waals surface area contributed by atoms with Crippen molar-refractivity contribution in [1.82, 2.24) is 25.2 Å². The predicted octanol–water partition coefficient (Wildman–Crippen LogP) is 1.38. The van der Waals surface area contributed by atoms with Crippen LogP contribution in [0.25, 0.3) is 5.52 Å². The highest BCUT2D eigenvalue weighted by Gasteiger charge is 2.14. The molecule has 3 heterocycles. The van der Waals surface area contributed by atoms with Crippen LogP contribution in [0.4, 0.5) is 0 Å². The van der Waals surface area contributed by atoms with Gasteiger partial charge in [0.1, 0.15) is 5.82 Å². The van der Waals surface area contributed by atoms with Crippen LogP contribution in [0.15, 0.2) is 46.7 Å². The number of hydrogen-bond donors (Lipinski definition) is 2. The Morgan fingerprint density at radius 2 is 2.43 bits per heavy atom. The third-order valence-corrected chi connectivity index (χ3v) is 3.86. The predicted molar refractivity (Wildman–Crippen MR) is 91.9 cm³/mol. The molecular formula is C16H21N7. The summed E-state index contributed by atoms with van der Waals surface area (Å²) in [5.41, 5.74) is 1.67. The number of nitrogens with one attached hydrogen (secondary N) is 2. The van der Waals surface area contributed by atoms with Crippen molar-refractivity contribution in [3.63, 3.8) is 0 Å². The highest BCUT2D eigenvalue weighted by atomic mass is 15.2. The maximum absolute atomic E-state index is 4.63. The van der Waals surface area contributed by atoms with Crippen molar-refractivity contribution in [2.45, 2.75) is 25.8 Å². The molecule has 2 aromatic rings. The number of aromatic nitrogens is 3. The highest BCUT2D eigenvalue weighted by molar-refractivity contribution is 6.06. The lowest BCUT2D eigenvalue weighted by Gasteiger charge is -2.24. The van der Waals surface area contributed by atoms with Gasteiger partial charge >= 0.3 is 0 Å². The molecule has 0 unspecified atom stereocenters. The zero-order chi connectivity index (χ0) is 16.1. The minimum absolute atomic E-state index is 0.385. The minimum atomic E-state index is 0.385. The standard InChI is InChI=1S/C16H21N7/c1-3-15(21-12-5-4-6-18-9-12)22-16(17-2)13-10-20-23-8-7-19-11-14(13)23/h3,7-8,10-12,18,21H,2,4-6,9H2,1H3/b15-3-,22-16?/t12-/m1/s1. The van der Waals surface area contributed by atoms with E-state index in [0.29, 0.717) is 11.9 Å². The minimum Gasteiger partial charge on any atom is -0.366 e. The van der Waals surface area contributed by atoms with E-state index < -0.39 is 0 Å². The lowest BCUT2D eigenvalue weighted by Crippen LogP contribution is -2.42. The summed E-state index contributed by atoms with van der Waals surface area (Å²) in [6, 6.07) is 0.385. The third-order valence-electron chi connectivity index (χ3n) is 3.86. The zero-order valence-electron chi connectivity index (χ0n) is 13.2. The number of piperidine rings is 1. The number of amidine groups is 1. The molecule has 0 aromatic carbocycles. The molecule has 0 bridgehead atoms. The molecule has 1 saturated heterocycles. The molecule has 0 amide bonds. The fraction of sp³-hybridized carbons (Fsp3) is 0.375. The Morgan fingerprint density at radius 1 is 1.52 bits per heavy atom. The van der Waals surface area contributed by atoms with Crippen molar-refractivity contribution < 1.29 is 0 Å². The van der Waals surface area contributed by atoms with Crippen LogP contribution in [-0.2, 0) is 0 Å². The Morgan fingerprint density at radius 3 is 3.17 bits per heavy atom. The summed E-state index contributed by atoms with van der Waals surface area (Å²) in [6.45, 7) is 7.64. The first kappa shape index (κ1) is 15.4. The Balaban J connectivity index is 1.86. The molecule has 0 spiro atoms. The van der Waals surface area contributed by atoms with Gasteiger partial charge in [0, 0.05) is 25.0 Å². The molecule has 1 fully saturated rings. The number of allylic oxidation sites excluding steroid dienone is 1. The van der Waals surface area contributed by atoms with E-state index in [0.717, 1.165) is 36.4 Å². The van der Waals surface area contributed by atoms with E-state index in [2.05, 4.69) is 37.4 Å². The molecule has 7 nitrogen and oxygen atoms in total.